The number of aromatic nitrogens is 4. The van der Waals surface area contributed by atoms with Gasteiger partial charge in [-0.3, -0.25) is 4.79 Å². The van der Waals surface area contributed by atoms with Crippen LogP contribution in [0.1, 0.15) is 18.7 Å². The topological polar surface area (TPSA) is 80.9 Å². The van der Waals surface area contributed by atoms with Crippen molar-refractivity contribution in [3.8, 4) is 0 Å². The van der Waals surface area contributed by atoms with Gasteiger partial charge in [0.15, 0.2) is 5.82 Å². The Morgan fingerprint density at radius 1 is 1.47 bits per heavy atom. The van der Waals surface area contributed by atoms with Crippen LogP contribution in [0.3, 0.4) is 0 Å². The number of hydrogen-bond acceptors (Lipinski definition) is 4. The second-order valence-electron chi connectivity index (χ2n) is 4.13. The molecule has 9 heteroatoms. The van der Waals surface area contributed by atoms with Crippen molar-refractivity contribution >= 4 is 5.97 Å². The van der Waals surface area contributed by atoms with Crippen molar-refractivity contribution in [2.45, 2.75) is 32.0 Å². The Morgan fingerprint density at radius 3 is 2.59 bits per heavy atom. The van der Waals surface area contributed by atoms with Crippen LogP contribution in [-0.4, -0.2) is 37.5 Å². The minimum Gasteiger partial charge on any atom is -0.481 e. The minimum atomic E-state index is -4.41. The molecule has 0 aliphatic heterocycles. The van der Waals surface area contributed by atoms with E-state index in [0.717, 1.165) is 4.68 Å². The molecule has 1 aliphatic rings. The van der Waals surface area contributed by atoms with E-state index < -0.39 is 24.0 Å². The van der Waals surface area contributed by atoms with Crippen LogP contribution in [0.15, 0.2) is 0 Å². The van der Waals surface area contributed by atoms with Gasteiger partial charge in [0.2, 0.25) is 0 Å². The number of halogens is 3. The summed E-state index contributed by atoms with van der Waals surface area (Å²) in [5, 5.41) is 18.7. The fourth-order valence-electron chi connectivity index (χ4n) is 1.53. The fourth-order valence-corrected chi connectivity index (χ4v) is 1.53. The zero-order valence-electron chi connectivity index (χ0n) is 8.61. The summed E-state index contributed by atoms with van der Waals surface area (Å²) in [5.41, 5.74) is -0.990. The van der Waals surface area contributed by atoms with Crippen molar-refractivity contribution in [3.05, 3.63) is 5.82 Å². The van der Waals surface area contributed by atoms with Crippen molar-refractivity contribution in [3.63, 3.8) is 0 Å². The molecule has 94 valence electrons. The number of aliphatic carboxylic acids is 1. The fraction of sp³-hybridized carbons (Fsp3) is 0.750. The number of rotatable bonds is 4. The lowest BCUT2D eigenvalue weighted by Gasteiger charge is -2.11. The average molecular weight is 250 g/mol. The highest BCUT2D eigenvalue weighted by Crippen LogP contribution is 2.47. The molecule has 0 aromatic carbocycles. The predicted molar refractivity (Wildman–Crippen MR) is 46.9 cm³/mol. The smallest absolute Gasteiger partial charge is 0.396 e. The zero-order chi connectivity index (χ0) is 12.7. The Hall–Kier alpha value is -1.67. The van der Waals surface area contributed by atoms with Gasteiger partial charge in [0.05, 0.1) is 12.0 Å². The third-order valence-electron chi connectivity index (χ3n) is 2.72. The van der Waals surface area contributed by atoms with Crippen molar-refractivity contribution in [2.24, 2.45) is 5.41 Å². The van der Waals surface area contributed by atoms with Crippen LogP contribution in [0.25, 0.3) is 0 Å². The number of alkyl halides is 3. The van der Waals surface area contributed by atoms with Gasteiger partial charge in [0.1, 0.15) is 6.42 Å². The van der Waals surface area contributed by atoms with Gasteiger partial charge in [-0.25, -0.2) is 4.68 Å². The number of carboxylic acids is 1. The van der Waals surface area contributed by atoms with E-state index in [1.54, 1.807) is 0 Å². The number of carboxylic acid groups (broad SMARTS) is 1. The van der Waals surface area contributed by atoms with Crippen LogP contribution in [-0.2, 0) is 17.8 Å². The molecule has 0 amide bonds. The normalized spacial score (nSPS) is 18.1. The van der Waals surface area contributed by atoms with Crippen molar-refractivity contribution < 1.29 is 23.1 Å². The van der Waals surface area contributed by atoms with E-state index in [9.17, 15) is 18.0 Å². The molecule has 0 spiro atoms. The second-order valence-corrected chi connectivity index (χ2v) is 4.13. The Bertz CT molecular complexity index is 438. The van der Waals surface area contributed by atoms with E-state index in [2.05, 4.69) is 15.5 Å². The van der Waals surface area contributed by atoms with E-state index in [1.165, 1.54) is 0 Å². The summed E-state index contributed by atoms with van der Waals surface area (Å²) in [7, 11) is 0. The first-order valence-corrected chi connectivity index (χ1v) is 4.88. The molecule has 1 fully saturated rings. The third-order valence-corrected chi connectivity index (χ3v) is 2.72. The highest BCUT2D eigenvalue weighted by atomic mass is 19.4. The van der Waals surface area contributed by atoms with E-state index in [1.807, 2.05) is 0 Å². The molecule has 6 nitrogen and oxygen atoms in total. The van der Waals surface area contributed by atoms with Crippen molar-refractivity contribution in [1.29, 1.82) is 0 Å². The van der Waals surface area contributed by atoms with Gasteiger partial charge in [-0.15, -0.1) is 5.10 Å². The van der Waals surface area contributed by atoms with E-state index in [-0.39, 0.29) is 12.4 Å². The number of tetrazole rings is 1. The zero-order valence-corrected chi connectivity index (χ0v) is 8.61. The molecule has 0 radical (unpaired) electrons. The summed E-state index contributed by atoms with van der Waals surface area (Å²) in [4.78, 5) is 10.9. The number of nitrogens with zero attached hydrogens (tertiary/aromatic N) is 4. The Labute approximate surface area is 93.4 Å². The van der Waals surface area contributed by atoms with E-state index in [0.29, 0.717) is 12.8 Å². The van der Waals surface area contributed by atoms with Gasteiger partial charge >= 0.3 is 12.1 Å². The van der Waals surface area contributed by atoms with Crippen molar-refractivity contribution in [2.75, 3.05) is 0 Å². The molecule has 1 aromatic rings. The number of hydrogen-bond donors (Lipinski definition) is 1. The molecule has 0 unspecified atom stereocenters. The van der Waals surface area contributed by atoms with Crippen molar-refractivity contribution in [1.82, 2.24) is 20.2 Å². The van der Waals surface area contributed by atoms with Crippen LogP contribution >= 0.6 is 0 Å². The van der Waals surface area contributed by atoms with Gasteiger partial charge in [0.25, 0.3) is 0 Å². The molecule has 1 N–H and O–H groups in total. The maximum absolute atomic E-state index is 12.2. The molecule has 1 aliphatic carbocycles. The highest BCUT2D eigenvalue weighted by Gasteiger charge is 2.51. The molecule has 0 bridgehead atoms. The van der Waals surface area contributed by atoms with Gasteiger partial charge in [-0.1, -0.05) is 0 Å². The third kappa shape index (κ3) is 2.53. The summed E-state index contributed by atoms with van der Waals surface area (Å²) in [5.74, 6) is -1.38. The van der Waals surface area contributed by atoms with Gasteiger partial charge < -0.3 is 5.11 Å². The average Bonchev–Trinajstić information content (AvgIpc) is 2.83. The lowest BCUT2D eigenvalue weighted by Crippen LogP contribution is -2.25. The standard InChI is InChI=1S/C8H9F3N4O2/c9-8(10,11)3-5-12-13-14-15(5)4-7(1-2-7)6(16)17/h1-4H2,(H,16,17). The first kappa shape index (κ1) is 11.8. The molecule has 2 rings (SSSR count). The Balaban J connectivity index is 2.12. The predicted octanol–water partition coefficient (Wildman–Crippen LogP) is 0.643. The quantitative estimate of drug-likeness (QED) is 0.848. The summed E-state index contributed by atoms with van der Waals surface area (Å²) >= 11 is 0. The monoisotopic (exact) mass is 250 g/mol. The van der Waals surface area contributed by atoms with Crippen LogP contribution in [0.4, 0.5) is 13.2 Å². The summed E-state index contributed by atoms with van der Waals surface area (Å²) < 4.78 is 37.5. The van der Waals surface area contributed by atoms with Gasteiger partial charge in [-0.05, 0) is 23.3 Å². The molecule has 1 aromatic heterocycles. The van der Waals surface area contributed by atoms with Gasteiger partial charge in [0, 0.05) is 0 Å². The van der Waals surface area contributed by atoms with E-state index >= 15 is 0 Å². The summed E-state index contributed by atoms with van der Waals surface area (Å²) in [6.07, 6.45) is -4.79. The first-order valence-electron chi connectivity index (χ1n) is 4.88. The molecular weight excluding hydrogens is 241 g/mol. The lowest BCUT2D eigenvalue weighted by molar-refractivity contribution is -0.144. The maximum atomic E-state index is 12.2. The Morgan fingerprint density at radius 2 is 2.12 bits per heavy atom. The summed E-state index contributed by atoms with van der Waals surface area (Å²) in [6.45, 7) is -0.110. The molecule has 0 atom stereocenters. The molecule has 0 saturated heterocycles. The lowest BCUT2D eigenvalue weighted by atomic mass is 10.1. The number of carbonyl (C=O) groups is 1. The molecule has 1 saturated carbocycles. The van der Waals surface area contributed by atoms with Gasteiger partial charge in [-0.2, -0.15) is 13.2 Å². The second kappa shape index (κ2) is 3.67. The molecular formula is C8H9F3N4O2. The van der Waals surface area contributed by atoms with E-state index in [4.69, 9.17) is 5.11 Å². The minimum absolute atomic E-state index is 0.110. The SMILES string of the molecule is O=C(O)C1(Cn2nnnc2CC(F)(F)F)CC1. The maximum Gasteiger partial charge on any atom is 0.396 e. The molecule has 17 heavy (non-hydrogen) atoms. The molecule has 1 heterocycles. The summed E-state index contributed by atoms with van der Waals surface area (Å²) in [6, 6.07) is 0. The van der Waals surface area contributed by atoms with Crippen LogP contribution in [0, 0.1) is 5.41 Å². The van der Waals surface area contributed by atoms with Crippen LogP contribution in [0.2, 0.25) is 0 Å². The highest BCUT2D eigenvalue weighted by molar-refractivity contribution is 5.77. The first-order chi connectivity index (χ1) is 7.82. The van der Waals surface area contributed by atoms with Crippen LogP contribution in [0.5, 0.6) is 0 Å². The largest absolute Gasteiger partial charge is 0.481 e. The Kier molecular flexibility index (Phi) is 2.55. The van der Waals surface area contributed by atoms with Crippen LogP contribution < -0.4 is 0 Å².